The number of carbonyl (C=O) groups is 1. The number of nitrogens with one attached hydrogen (secondary N) is 1. The topological polar surface area (TPSA) is 38.3 Å². The Hall–Kier alpha value is -1.72. The monoisotopic (exact) mass is 303 g/mol. The van der Waals surface area contributed by atoms with E-state index >= 15 is 0 Å². The molecular weight excluding hydrogens is 283 g/mol. The van der Waals surface area contributed by atoms with Crippen LogP contribution in [0.1, 0.15) is 31.7 Å². The van der Waals surface area contributed by atoms with Crippen molar-refractivity contribution in [2.75, 3.05) is 12.4 Å². The minimum Gasteiger partial charge on any atom is -0.467 e. The average Bonchev–Trinajstić information content (AvgIpc) is 2.39. The summed E-state index contributed by atoms with van der Waals surface area (Å²) >= 11 is 0. The van der Waals surface area contributed by atoms with Crippen LogP contribution in [0.15, 0.2) is 24.3 Å². The van der Waals surface area contributed by atoms with Gasteiger partial charge in [-0.25, -0.2) is 4.79 Å². The molecule has 1 aromatic rings. The lowest BCUT2D eigenvalue weighted by atomic mass is 9.94. The summed E-state index contributed by atoms with van der Waals surface area (Å²) < 4.78 is 41.5. The predicted octanol–water partition coefficient (Wildman–Crippen LogP) is 4.07. The molecule has 0 aliphatic rings. The van der Waals surface area contributed by atoms with Crippen molar-refractivity contribution >= 4 is 11.7 Å². The van der Waals surface area contributed by atoms with E-state index in [1.807, 2.05) is 19.1 Å². The number of ether oxygens (including phenoxy) is 1. The number of anilines is 1. The quantitative estimate of drug-likeness (QED) is 0.805. The normalized spacial score (nSPS) is 14.4. The van der Waals surface area contributed by atoms with Crippen molar-refractivity contribution in [2.24, 2.45) is 0 Å². The minimum absolute atomic E-state index is 0.0348. The summed E-state index contributed by atoms with van der Waals surface area (Å²) in [4.78, 5) is 11.9. The Kier molecular flexibility index (Phi) is 5.63. The van der Waals surface area contributed by atoms with Crippen LogP contribution in [0, 0.1) is 6.92 Å². The first-order valence-corrected chi connectivity index (χ1v) is 6.66. The second kappa shape index (κ2) is 6.83. The van der Waals surface area contributed by atoms with Crippen LogP contribution >= 0.6 is 0 Å². The highest BCUT2D eigenvalue weighted by Crippen LogP contribution is 2.27. The summed E-state index contributed by atoms with van der Waals surface area (Å²) in [6.07, 6.45) is -5.25. The van der Waals surface area contributed by atoms with Crippen LogP contribution in [0.3, 0.4) is 0 Å². The first-order valence-electron chi connectivity index (χ1n) is 6.66. The van der Waals surface area contributed by atoms with E-state index in [2.05, 4.69) is 5.32 Å². The van der Waals surface area contributed by atoms with Gasteiger partial charge in [-0.2, -0.15) is 13.2 Å². The lowest BCUT2D eigenvalue weighted by Gasteiger charge is -2.29. The summed E-state index contributed by atoms with van der Waals surface area (Å²) in [6, 6.07) is 7.27. The van der Waals surface area contributed by atoms with E-state index in [-0.39, 0.29) is 12.8 Å². The molecule has 1 N–H and O–H groups in total. The first kappa shape index (κ1) is 17.3. The van der Waals surface area contributed by atoms with Crippen LogP contribution in [-0.2, 0) is 9.53 Å². The van der Waals surface area contributed by atoms with Crippen LogP contribution in [0.25, 0.3) is 0 Å². The fourth-order valence-corrected chi connectivity index (χ4v) is 2.04. The zero-order valence-corrected chi connectivity index (χ0v) is 12.4. The molecule has 0 aromatic heterocycles. The molecule has 3 nitrogen and oxygen atoms in total. The molecule has 0 saturated carbocycles. The number of methoxy groups -OCH3 is 1. The zero-order valence-electron chi connectivity index (χ0n) is 12.4. The van der Waals surface area contributed by atoms with Gasteiger partial charge in [-0.1, -0.05) is 17.7 Å². The smallest absolute Gasteiger partial charge is 0.389 e. The average molecular weight is 303 g/mol. The van der Waals surface area contributed by atoms with Crippen molar-refractivity contribution in [3.63, 3.8) is 0 Å². The number of alkyl halides is 3. The number of hydrogen-bond acceptors (Lipinski definition) is 3. The number of aryl methyl sites for hydroxylation is 1. The fraction of sp³-hybridized carbons (Fsp3) is 0.533. The van der Waals surface area contributed by atoms with Gasteiger partial charge in [0.1, 0.15) is 5.54 Å². The van der Waals surface area contributed by atoms with E-state index in [1.54, 1.807) is 19.1 Å². The molecule has 0 aliphatic heterocycles. The Bertz CT molecular complexity index is 471. The Balaban J connectivity index is 2.78. The number of carbonyl (C=O) groups excluding carboxylic acids is 1. The molecule has 6 heteroatoms. The Morgan fingerprint density at radius 3 is 2.24 bits per heavy atom. The molecular formula is C15H20F3NO2. The molecule has 0 amide bonds. The lowest BCUT2D eigenvalue weighted by Crippen LogP contribution is -2.44. The van der Waals surface area contributed by atoms with Gasteiger partial charge in [0.15, 0.2) is 0 Å². The summed E-state index contributed by atoms with van der Waals surface area (Å²) in [5.74, 6) is -0.578. The van der Waals surface area contributed by atoms with E-state index < -0.39 is 24.1 Å². The van der Waals surface area contributed by atoms with Gasteiger partial charge in [-0.15, -0.1) is 0 Å². The number of rotatable bonds is 6. The molecule has 0 aliphatic carbocycles. The van der Waals surface area contributed by atoms with Crippen molar-refractivity contribution in [2.45, 2.75) is 44.8 Å². The van der Waals surface area contributed by atoms with Gasteiger partial charge in [0.05, 0.1) is 7.11 Å². The molecule has 0 fully saturated rings. The van der Waals surface area contributed by atoms with Gasteiger partial charge in [-0.05, 0) is 38.8 Å². The maximum absolute atomic E-state index is 12.2. The molecule has 118 valence electrons. The van der Waals surface area contributed by atoms with Crippen molar-refractivity contribution in [3.05, 3.63) is 29.8 Å². The highest BCUT2D eigenvalue weighted by Gasteiger charge is 2.36. The van der Waals surface area contributed by atoms with Crippen molar-refractivity contribution < 1.29 is 22.7 Å². The number of esters is 1. The summed E-state index contributed by atoms with van der Waals surface area (Å²) in [7, 11) is 1.22. The minimum atomic E-state index is -4.22. The molecule has 1 unspecified atom stereocenters. The zero-order chi connectivity index (χ0) is 16.1. The molecule has 0 radical (unpaired) electrons. The van der Waals surface area contributed by atoms with Gasteiger partial charge in [0.2, 0.25) is 0 Å². The third-order valence-corrected chi connectivity index (χ3v) is 3.24. The lowest BCUT2D eigenvalue weighted by molar-refractivity contribution is -0.148. The van der Waals surface area contributed by atoms with Gasteiger partial charge >= 0.3 is 12.1 Å². The SMILES string of the molecule is COC(=O)C(C)(CCCC(F)(F)F)Nc1ccc(C)cc1. The third kappa shape index (κ3) is 5.65. The molecule has 1 aromatic carbocycles. The van der Waals surface area contributed by atoms with E-state index in [4.69, 9.17) is 4.74 Å². The largest absolute Gasteiger partial charge is 0.467 e. The fourth-order valence-electron chi connectivity index (χ4n) is 2.04. The van der Waals surface area contributed by atoms with Gasteiger partial charge < -0.3 is 10.1 Å². The molecule has 0 bridgehead atoms. The summed E-state index contributed by atoms with van der Waals surface area (Å²) in [5.41, 5.74) is 0.535. The van der Waals surface area contributed by atoms with Crippen molar-refractivity contribution in [1.29, 1.82) is 0 Å². The van der Waals surface area contributed by atoms with Crippen molar-refractivity contribution in [3.8, 4) is 0 Å². The second-order valence-electron chi connectivity index (χ2n) is 5.28. The van der Waals surface area contributed by atoms with Crippen molar-refractivity contribution in [1.82, 2.24) is 0 Å². The second-order valence-corrected chi connectivity index (χ2v) is 5.28. The maximum Gasteiger partial charge on any atom is 0.389 e. The first-order chi connectivity index (χ1) is 9.66. The number of hydrogen-bond donors (Lipinski definition) is 1. The Morgan fingerprint density at radius 1 is 1.19 bits per heavy atom. The number of benzene rings is 1. The molecule has 0 spiro atoms. The van der Waals surface area contributed by atoms with Crippen LogP contribution in [0.5, 0.6) is 0 Å². The highest BCUT2D eigenvalue weighted by atomic mass is 19.4. The summed E-state index contributed by atoms with van der Waals surface area (Å²) in [6.45, 7) is 3.47. The predicted molar refractivity (Wildman–Crippen MR) is 75.1 cm³/mol. The van der Waals surface area contributed by atoms with E-state index in [9.17, 15) is 18.0 Å². The standard InChI is InChI=1S/C15H20F3NO2/c1-11-5-7-12(8-6-11)19-14(2,13(20)21-3)9-4-10-15(16,17)18/h5-8,19H,4,9-10H2,1-3H3. The maximum atomic E-state index is 12.2. The number of halogens is 3. The Morgan fingerprint density at radius 2 is 1.76 bits per heavy atom. The molecule has 1 rings (SSSR count). The Labute approximate surface area is 122 Å². The van der Waals surface area contributed by atoms with Crippen LogP contribution in [-0.4, -0.2) is 24.8 Å². The summed E-state index contributed by atoms with van der Waals surface area (Å²) in [5, 5.41) is 2.98. The van der Waals surface area contributed by atoms with Crippen LogP contribution in [0.4, 0.5) is 18.9 Å². The molecule has 0 saturated heterocycles. The van der Waals surface area contributed by atoms with Gasteiger partial charge in [0, 0.05) is 12.1 Å². The third-order valence-electron chi connectivity index (χ3n) is 3.24. The van der Waals surface area contributed by atoms with E-state index in [0.29, 0.717) is 5.69 Å². The van der Waals surface area contributed by atoms with E-state index in [1.165, 1.54) is 7.11 Å². The molecule has 1 atom stereocenters. The van der Waals surface area contributed by atoms with Crippen LogP contribution in [0.2, 0.25) is 0 Å². The highest BCUT2D eigenvalue weighted by molar-refractivity contribution is 5.83. The van der Waals surface area contributed by atoms with E-state index in [0.717, 1.165) is 5.56 Å². The van der Waals surface area contributed by atoms with Gasteiger partial charge in [-0.3, -0.25) is 0 Å². The molecule has 21 heavy (non-hydrogen) atoms. The van der Waals surface area contributed by atoms with Crippen LogP contribution < -0.4 is 5.32 Å². The molecule has 0 heterocycles. The van der Waals surface area contributed by atoms with Gasteiger partial charge in [0.25, 0.3) is 0 Å².